The smallest absolute Gasteiger partial charge is 0.243 e. The molecule has 0 saturated carbocycles. The molecule has 2 aromatic carbocycles. The second kappa shape index (κ2) is 9.58. The van der Waals surface area contributed by atoms with Gasteiger partial charge in [-0.15, -0.1) is 0 Å². The van der Waals surface area contributed by atoms with Crippen molar-refractivity contribution in [3.8, 4) is 0 Å². The number of morpholine rings is 1. The highest BCUT2D eigenvalue weighted by Crippen LogP contribution is 2.26. The fraction of sp³-hybridized carbons (Fsp3) is 0.304. The van der Waals surface area contributed by atoms with Crippen molar-refractivity contribution in [2.75, 3.05) is 37.4 Å². The van der Waals surface area contributed by atoms with E-state index in [2.05, 4.69) is 10.3 Å². The minimum absolute atomic E-state index is 0.171. The lowest BCUT2D eigenvalue weighted by atomic mass is 10.1. The second-order valence-corrected chi connectivity index (χ2v) is 10.5. The van der Waals surface area contributed by atoms with E-state index in [4.69, 9.17) is 4.74 Å². The minimum atomic E-state index is -3.65. The van der Waals surface area contributed by atoms with E-state index in [1.165, 1.54) is 22.1 Å². The number of ether oxygens (including phenoxy) is 1. The Hall–Kier alpha value is -2.46. The molecule has 0 radical (unpaired) electrons. The molecule has 0 spiro atoms. The topological polar surface area (TPSA) is 88.6 Å². The number of anilines is 1. The predicted octanol–water partition coefficient (Wildman–Crippen LogP) is 3.60. The van der Waals surface area contributed by atoms with Gasteiger partial charge in [-0.1, -0.05) is 36.0 Å². The number of pyridine rings is 1. The van der Waals surface area contributed by atoms with Crippen LogP contribution >= 0.6 is 11.8 Å². The summed E-state index contributed by atoms with van der Waals surface area (Å²) in [5.41, 5.74) is 3.09. The molecule has 2 heterocycles. The van der Waals surface area contributed by atoms with Crippen molar-refractivity contribution in [3.63, 3.8) is 0 Å². The van der Waals surface area contributed by atoms with E-state index < -0.39 is 10.0 Å². The van der Waals surface area contributed by atoms with Crippen LogP contribution in [0.15, 0.2) is 58.5 Å². The van der Waals surface area contributed by atoms with Gasteiger partial charge in [-0.2, -0.15) is 4.31 Å². The number of nitrogens with zero attached hydrogens (tertiary/aromatic N) is 2. The molecule has 4 rings (SSSR count). The van der Waals surface area contributed by atoms with Gasteiger partial charge in [0.05, 0.1) is 34.4 Å². The molecule has 168 valence electrons. The molecule has 1 amide bonds. The van der Waals surface area contributed by atoms with Gasteiger partial charge in [0, 0.05) is 24.2 Å². The maximum Gasteiger partial charge on any atom is 0.243 e. The molecular weight excluding hydrogens is 446 g/mol. The average Bonchev–Trinajstić information content (AvgIpc) is 2.79. The van der Waals surface area contributed by atoms with E-state index in [1.54, 1.807) is 19.1 Å². The number of carbonyl (C=O) groups is 1. The molecule has 1 N–H and O–H groups in total. The van der Waals surface area contributed by atoms with E-state index in [9.17, 15) is 13.2 Å². The van der Waals surface area contributed by atoms with Crippen LogP contribution in [0.4, 0.5) is 5.69 Å². The third-order valence-corrected chi connectivity index (χ3v) is 8.26. The summed E-state index contributed by atoms with van der Waals surface area (Å²) in [5, 5.41) is 4.68. The maximum absolute atomic E-state index is 13.0. The highest BCUT2D eigenvalue weighted by molar-refractivity contribution is 7.99. The van der Waals surface area contributed by atoms with Crippen molar-refractivity contribution < 1.29 is 17.9 Å². The van der Waals surface area contributed by atoms with E-state index in [1.807, 2.05) is 37.3 Å². The first-order valence-electron chi connectivity index (χ1n) is 10.3. The summed E-state index contributed by atoms with van der Waals surface area (Å²) in [7, 11) is -3.65. The fourth-order valence-corrected chi connectivity index (χ4v) is 6.04. The van der Waals surface area contributed by atoms with Crippen LogP contribution in [0.2, 0.25) is 0 Å². The largest absolute Gasteiger partial charge is 0.379 e. The van der Waals surface area contributed by atoms with Gasteiger partial charge < -0.3 is 10.1 Å². The number of benzene rings is 2. The summed E-state index contributed by atoms with van der Waals surface area (Å²) >= 11 is 1.35. The SMILES string of the molecule is Cc1ccc(NC(=O)CSc2cc(C)c3ccccc3n2)cc1S(=O)(=O)N1CCOCC1. The Bertz CT molecular complexity index is 1260. The summed E-state index contributed by atoms with van der Waals surface area (Å²) < 4.78 is 32.8. The van der Waals surface area contributed by atoms with Gasteiger partial charge >= 0.3 is 0 Å². The number of para-hydroxylation sites is 1. The first-order chi connectivity index (χ1) is 15.3. The first-order valence-corrected chi connectivity index (χ1v) is 12.7. The zero-order chi connectivity index (χ0) is 22.7. The zero-order valence-electron chi connectivity index (χ0n) is 18.0. The lowest BCUT2D eigenvalue weighted by Crippen LogP contribution is -2.40. The number of sulfonamides is 1. The summed E-state index contributed by atoms with van der Waals surface area (Å²) in [6.07, 6.45) is 0. The van der Waals surface area contributed by atoms with Crippen LogP contribution in [-0.4, -0.2) is 55.7 Å². The molecule has 1 fully saturated rings. The van der Waals surface area contributed by atoms with E-state index in [-0.39, 0.29) is 16.6 Å². The number of carbonyl (C=O) groups excluding carboxylic acids is 1. The van der Waals surface area contributed by atoms with Gasteiger partial charge in [0.25, 0.3) is 0 Å². The molecular formula is C23H25N3O4S2. The Balaban J connectivity index is 1.45. The average molecular weight is 472 g/mol. The van der Waals surface area contributed by atoms with Crippen molar-refractivity contribution in [1.82, 2.24) is 9.29 Å². The van der Waals surface area contributed by atoms with Gasteiger partial charge in [0.2, 0.25) is 15.9 Å². The van der Waals surface area contributed by atoms with Crippen LogP contribution in [0.5, 0.6) is 0 Å². The Labute approximate surface area is 192 Å². The maximum atomic E-state index is 13.0. The number of hydrogen-bond acceptors (Lipinski definition) is 6. The van der Waals surface area contributed by atoms with E-state index in [0.29, 0.717) is 37.6 Å². The van der Waals surface area contributed by atoms with Crippen molar-refractivity contribution in [1.29, 1.82) is 0 Å². The summed E-state index contributed by atoms with van der Waals surface area (Å²) in [6.45, 7) is 5.20. The van der Waals surface area contributed by atoms with E-state index in [0.717, 1.165) is 21.5 Å². The first kappa shape index (κ1) is 22.7. The van der Waals surface area contributed by atoms with Crippen LogP contribution in [0, 0.1) is 13.8 Å². The number of aromatic nitrogens is 1. The lowest BCUT2D eigenvalue weighted by molar-refractivity contribution is -0.113. The molecule has 0 unspecified atom stereocenters. The summed E-state index contributed by atoms with van der Waals surface area (Å²) in [6, 6.07) is 14.8. The number of thioether (sulfide) groups is 1. The molecule has 0 bridgehead atoms. The Morgan fingerprint density at radius 2 is 1.84 bits per heavy atom. The number of amides is 1. The quantitative estimate of drug-likeness (QED) is 0.553. The molecule has 0 aliphatic carbocycles. The van der Waals surface area contributed by atoms with Gasteiger partial charge in [-0.3, -0.25) is 4.79 Å². The third-order valence-electron chi connectivity index (χ3n) is 5.31. The molecule has 7 nitrogen and oxygen atoms in total. The van der Waals surface area contributed by atoms with Crippen LogP contribution in [0.3, 0.4) is 0 Å². The second-order valence-electron chi connectivity index (χ2n) is 7.63. The summed E-state index contributed by atoms with van der Waals surface area (Å²) in [4.78, 5) is 17.4. The standard InChI is InChI=1S/C23H25N3O4S2/c1-16-7-8-18(14-21(16)32(28,29)26-9-11-30-12-10-26)24-22(27)15-31-23-13-17(2)19-5-3-4-6-20(19)25-23/h3-8,13-14H,9-12,15H2,1-2H3,(H,24,27). The van der Waals surface area contributed by atoms with Gasteiger partial charge in [-0.25, -0.2) is 13.4 Å². The number of fused-ring (bicyclic) bond motifs is 1. The molecule has 1 aliphatic rings. The number of rotatable bonds is 6. The van der Waals surface area contributed by atoms with Crippen molar-refractivity contribution in [2.45, 2.75) is 23.8 Å². The van der Waals surface area contributed by atoms with E-state index >= 15 is 0 Å². The number of nitrogens with one attached hydrogen (secondary N) is 1. The number of hydrogen-bond donors (Lipinski definition) is 1. The Morgan fingerprint density at radius 3 is 2.62 bits per heavy atom. The zero-order valence-corrected chi connectivity index (χ0v) is 19.6. The summed E-state index contributed by atoms with van der Waals surface area (Å²) in [5.74, 6) is -0.0503. The molecule has 1 saturated heterocycles. The monoisotopic (exact) mass is 471 g/mol. The molecule has 1 aromatic heterocycles. The lowest BCUT2D eigenvalue weighted by Gasteiger charge is -2.26. The fourth-order valence-electron chi connectivity index (χ4n) is 3.61. The normalized spacial score (nSPS) is 15.1. The molecule has 0 atom stereocenters. The third kappa shape index (κ3) is 4.96. The Morgan fingerprint density at radius 1 is 1.09 bits per heavy atom. The van der Waals surface area contributed by atoms with Gasteiger partial charge in [0.15, 0.2) is 0 Å². The molecule has 9 heteroatoms. The highest BCUT2D eigenvalue weighted by atomic mass is 32.2. The van der Waals surface area contributed by atoms with Crippen molar-refractivity contribution in [3.05, 3.63) is 59.7 Å². The molecule has 1 aliphatic heterocycles. The van der Waals surface area contributed by atoms with Crippen molar-refractivity contribution in [2.24, 2.45) is 0 Å². The van der Waals surface area contributed by atoms with Gasteiger partial charge in [0.1, 0.15) is 0 Å². The van der Waals surface area contributed by atoms with Crippen LogP contribution in [0.1, 0.15) is 11.1 Å². The molecule has 32 heavy (non-hydrogen) atoms. The van der Waals surface area contributed by atoms with Crippen LogP contribution in [-0.2, 0) is 19.6 Å². The van der Waals surface area contributed by atoms with Crippen LogP contribution < -0.4 is 5.32 Å². The minimum Gasteiger partial charge on any atom is -0.379 e. The van der Waals surface area contributed by atoms with Crippen molar-refractivity contribution >= 4 is 44.3 Å². The van der Waals surface area contributed by atoms with Gasteiger partial charge in [-0.05, 0) is 49.2 Å². The highest BCUT2D eigenvalue weighted by Gasteiger charge is 2.28. The number of aryl methyl sites for hydroxylation is 2. The molecule has 3 aromatic rings. The van der Waals surface area contributed by atoms with Crippen LogP contribution in [0.25, 0.3) is 10.9 Å². The predicted molar refractivity (Wildman–Crippen MR) is 127 cm³/mol. The Kier molecular flexibility index (Phi) is 6.80.